The van der Waals surface area contributed by atoms with Gasteiger partial charge in [0.2, 0.25) is 0 Å². The number of hydrogen-bond donors (Lipinski definition) is 2. The van der Waals surface area contributed by atoms with Crippen molar-refractivity contribution in [2.45, 2.75) is 25.9 Å². The summed E-state index contributed by atoms with van der Waals surface area (Å²) >= 11 is 8.54. The molecule has 0 aliphatic heterocycles. The highest BCUT2D eigenvalue weighted by molar-refractivity contribution is 9.11. The van der Waals surface area contributed by atoms with Gasteiger partial charge in [0.05, 0.1) is 8.95 Å². The molecule has 1 atom stereocenters. The summed E-state index contributed by atoms with van der Waals surface area (Å²) in [6.07, 6.45) is 3.25. The Hall–Kier alpha value is 0.290. The molecule has 0 aliphatic rings. The zero-order valence-electron chi connectivity index (χ0n) is 9.96. The molecule has 0 saturated carbocycles. The lowest BCUT2D eigenvalue weighted by Gasteiger charge is -2.16. The predicted molar refractivity (Wildman–Crippen MR) is 82.8 cm³/mol. The molecule has 1 aromatic carbocycles. The second kappa shape index (κ2) is 7.67. The maximum atomic E-state index is 9.62. The molecule has 2 nitrogen and oxygen atoms in total. The minimum absolute atomic E-state index is 0.255. The molecule has 0 spiro atoms. The van der Waals surface area contributed by atoms with Gasteiger partial charge in [-0.1, -0.05) is 6.92 Å². The first kappa shape index (κ1) is 15.3. The topological polar surface area (TPSA) is 32.3 Å². The van der Waals surface area contributed by atoms with E-state index < -0.39 is 0 Å². The molecule has 96 valence electrons. The molecule has 0 saturated heterocycles. The molecule has 1 aromatic rings. The zero-order valence-corrected chi connectivity index (χ0v) is 14.0. The second-order valence-electron chi connectivity index (χ2n) is 3.85. The van der Waals surface area contributed by atoms with Crippen LogP contribution in [-0.2, 0) is 6.54 Å². The third kappa shape index (κ3) is 4.81. The smallest absolute Gasteiger partial charge is 0.143 e. The summed E-state index contributed by atoms with van der Waals surface area (Å²) in [5.41, 5.74) is 1.15. The van der Waals surface area contributed by atoms with Crippen molar-refractivity contribution in [3.8, 4) is 5.75 Å². The lowest BCUT2D eigenvalue weighted by atomic mass is 10.2. The SMILES string of the molecule is CCC(CSC)NCc1cc(Br)c(O)c(Br)c1. The Morgan fingerprint density at radius 3 is 2.41 bits per heavy atom. The third-order valence-corrected chi connectivity index (χ3v) is 4.48. The molecule has 5 heteroatoms. The van der Waals surface area contributed by atoms with Crippen LogP contribution in [0.15, 0.2) is 21.1 Å². The fourth-order valence-electron chi connectivity index (χ4n) is 1.50. The van der Waals surface area contributed by atoms with Crippen molar-refractivity contribution in [3.63, 3.8) is 0 Å². The van der Waals surface area contributed by atoms with Crippen LogP contribution in [0.25, 0.3) is 0 Å². The average Bonchev–Trinajstić information content (AvgIpc) is 2.31. The molecule has 17 heavy (non-hydrogen) atoms. The van der Waals surface area contributed by atoms with Crippen molar-refractivity contribution >= 4 is 43.6 Å². The second-order valence-corrected chi connectivity index (χ2v) is 6.47. The quantitative estimate of drug-likeness (QED) is 0.775. The highest BCUT2D eigenvalue weighted by atomic mass is 79.9. The molecule has 0 heterocycles. The Kier molecular flexibility index (Phi) is 6.92. The number of aromatic hydroxyl groups is 1. The number of benzene rings is 1. The van der Waals surface area contributed by atoms with Gasteiger partial charge in [0, 0.05) is 18.3 Å². The van der Waals surface area contributed by atoms with Crippen molar-refractivity contribution < 1.29 is 5.11 Å². The van der Waals surface area contributed by atoms with E-state index >= 15 is 0 Å². The number of thioether (sulfide) groups is 1. The number of phenols is 1. The molecular weight excluding hydrogens is 366 g/mol. The normalized spacial score (nSPS) is 12.7. The van der Waals surface area contributed by atoms with Crippen molar-refractivity contribution in [2.75, 3.05) is 12.0 Å². The molecule has 0 amide bonds. The molecular formula is C12H17Br2NOS. The van der Waals surface area contributed by atoms with E-state index in [2.05, 4.69) is 50.4 Å². The van der Waals surface area contributed by atoms with E-state index in [-0.39, 0.29) is 5.75 Å². The van der Waals surface area contributed by atoms with Crippen LogP contribution in [0.3, 0.4) is 0 Å². The third-order valence-electron chi connectivity index (χ3n) is 2.53. The van der Waals surface area contributed by atoms with Crippen LogP contribution in [0.5, 0.6) is 5.75 Å². The van der Waals surface area contributed by atoms with Gasteiger partial charge in [-0.15, -0.1) is 0 Å². The Labute approximate surface area is 124 Å². The van der Waals surface area contributed by atoms with Crippen LogP contribution < -0.4 is 5.32 Å². The van der Waals surface area contributed by atoms with Gasteiger partial charge in [-0.3, -0.25) is 0 Å². The van der Waals surface area contributed by atoms with Crippen LogP contribution in [0.1, 0.15) is 18.9 Å². The Bertz CT molecular complexity index is 351. The molecule has 0 bridgehead atoms. The summed E-state index contributed by atoms with van der Waals surface area (Å²) in [6, 6.07) is 4.43. The zero-order chi connectivity index (χ0) is 12.8. The number of halogens is 2. The minimum Gasteiger partial charge on any atom is -0.506 e. The molecule has 0 aromatic heterocycles. The van der Waals surface area contributed by atoms with Crippen LogP contribution in [0, 0.1) is 0 Å². The monoisotopic (exact) mass is 381 g/mol. The number of nitrogens with one attached hydrogen (secondary N) is 1. The van der Waals surface area contributed by atoms with Crippen molar-refractivity contribution in [3.05, 3.63) is 26.6 Å². The van der Waals surface area contributed by atoms with E-state index in [0.29, 0.717) is 6.04 Å². The molecule has 1 rings (SSSR count). The first-order valence-corrected chi connectivity index (χ1v) is 8.45. The van der Waals surface area contributed by atoms with Crippen LogP contribution in [0.2, 0.25) is 0 Å². The van der Waals surface area contributed by atoms with Gasteiger partial charge in [0.25, 0.3) is 0 Å². The molecule has 0 aliphatic carbocycles. The van der Waals surface area contributed by atoms with Gasteiger partial charge in [-0.25, -0.2) is 0 Å². The first-order chi connectivity index (χ1) is 8.08. The van der Waals surface area contributed by atoms with Crippen LogP contribution in [-0.4, -0.2) is 23.2 Å². The highest BCUT2D eigenvalue weighted by Gasteiger charge is 2.08. The Morgan fingerprint density at radius 2 is 1.94 bits per heavy atom. The van der Waals surface area contributed by atoms with Gasteiger partial charge in [-0.05, 0) is 62.2 Å². The van der Waals surface area contributed by atoms with Gasteiger partial charge in [0.15, 0.2) is 0 Å². The van der Waals surface area contributed by atoms with Crippen LogP contribution in [0.4, 0.5) is 0 Å². The summed E-state index contributed by atoms with van der Waals surface area (Å²) in [7, 11) is 0. The maximum Gasteiger partial charge on any atom is 0.143 e. The highest BCUT2D eigenvalue weighted by Crippen LogP contribution is 2.33. The average molecular weight is 383 g/mol. The van der Waals surface area contributed by atoms with E-state index in [1.54, 1.807) is 0 Å². The van der Waals surface area contributed by atoms with E-state index in [1.165, 1.54) is 0 Å². The van der Waals surface area contributed by atoms with E-state index in [0.717, 1.165) is 33.2 Å². The van der Waals surface area contributed by atoms with Crippen molar-refractivity contribution in [2.24, 2.45) is 0 Å². The molecule has 0 radical (unpaired) electrons. The lowest BCUT2D eigenvalue weighted by Crippen LogP contribution is -2.30. The Morgan fingerprint density at radius 1 is 1.35 bits per heavy atom. The van der Waals surface area contributed by atoms with Crippen molar-refractivity contribution in [1.82, 2.24) is 5.32 Å². The summed E-state index contributed by atoms with van der Waals surface area (Å²) in [4.78, 5) is 0. The molecule has 2 N–H and O–H groups in total. The van der Waals surface area contributed by atoms with Crippen LogP contribution >= 0.6 is 43.6 Å². The number of phenolic OH excluding ortho intramolecular Hbond substituents is 1. The standard InChI is InChI=1S/C12H17Br2NOS/c1-3-9(7-17-2)15-6-8-4-10(13)12(16)11(14)5-8/h4-5,9,15-16H,3,6-7H2,1-2H3. The fourth-order valence-corrected chi connectivity index (χ4v) is 3.54. The summed E-state index contributed by atoms with van der Waals surface area (Å²) in [5, 5.41) is 13.1. The number of rotatable bonds is 6. The van der Waals surface area contributed by atoms with Gasteiger partial charge in [-0.2, -0.15) is 11.8 Å². The molecule has 0 fully saturated rings. The summed E-state index contributed by atoms with van der Waals surface area (Å²) < 4.78 is 1.45. The van der Waals surface area contributed by atoms with Gasteiger partial charge < -0.3 is 10.4 Å². The predicted octanol–water partition coefficient (Wildman–Crippen LogP) is 4.15. The largest absolute Gasteiger partial charge is 0.506 e. The summed E-state index contributed by atoms with van der Waals surface area (Å²) in [5.74, 6) is 1.38. The Balaban J connectivity index is 2.63. The minimum atomic E-state index is 0.255. The maximum absolute atomic E-state index is 9.62. The van der Waals surface area contributed by atoms with E-state index in [4.69, 9.17) is 0 Å². The van der Waals surface area contributed by atoms with E-state index in [9.17, 15) is 5.11 Å². The first-order valence-electron chi connectivity index (χ1n) is 5.47. The van der Waals surface area contributed by atoms with Gasteiger partial charge >= 0.3 is 0 Å². The summed E-state index contributed by atoms with van der Waals surface area (Å²) in [6.45, 7) is 3.01. The van der Waals surface area contributed by atoms with E-state index in [1.807, 2.05) is 23.9 Å². The van der Waals surface area contributed by atoms with Gasteiger partial charge in [0.1, 0.15) is 5.75 Å². The molecule has 1 unspecified atom stereocenters. The van der Waals surface area contributed by atoms with Crippen molar-refractivity contribution in [1.29, 1.82) is 0 Å². The lowest BCUT2D eigenvalue weighted by molar-refractivity contribution is 0.467. The fraction of sp³-hybridized carbons (Fsp3) is 0.500. The number of hydrogen-bond acceptors (Lipinski definition) is 3.